The molecule has 16 heavy (non-hydrogen) atoms. The third kappa shape index (κ3) is 2.23. The summed E-state index contributed by atoms with van der Waals surface area (Å²) in [5.74, 6) is 0.957. The van der Waals surface area contributed by atoms with Gasteiger partial charge in [0.2, 0.25) is 5.91 Å². The van der Waals surface area contributed by atoms with E-state index in [1.54, 1.807) is 0 Å². The summed E-state index contributed by atoms with van der Waals surface area (Å²) in [5.41, 5.74) is 0. The summed E-state index contributed by atoms with van der Waals surface area (Å²) in [5, 5.41) is 3.35. The Morgan fingerprint density at radius 3 is 2.75 bits per heavy atom. The van der Waals surface area contributed by atoms with Crippen molar-refractivity contribution in [2.24, 2.45) is 5.92 Å². The maximum Gasteiger partial charge on any atom is 0.241 e. The van der Waals surface area contributed by atoms with E-state index in [2.05, 4.69) is 31.1 Å². The molecule has 2 aliphatic heterocycles. The number of carbonyl (C=O) groups is 1. The monoisotopic (exact) mass is 225 g/mol. The van der Waals surface area contributed by atoms with Crippen LogP contribution in [0.5, 0.6) is 0 Å². The molecule has 1 N–H and O–H groups in total. The fraction of sp³-hybridized carbons (Fsp3) is 0.917. The molecule has 4 nitrogen and oxygen atoms in total. The van der Waals surface area contributed by atoms with E-state index < -0.39 is 0 Å². The number of nitrogens with zero attached hydrogens (tertiary/aromatic N) is 2. The van der Waals surface area contributed by atoms with Gasteiger partial charge in [0, 0.05) is 13.1 Å². The third-order valence-corrected chi connectivity index (χ3v) is 3.84. The highest BCUT2D eigenvalue weighted by molar-refractivity contribution is 5.84. The molecular formula is C12H23N3O. The molecule has 0 aromatic heterocycles. The van der Waals surface area contributed by atoms with Crippen LogP contribution in [0.2, 0.25) is 0 Å². The van der Waals surface area contributed by atoms with Crippen LogP contribution in [0.1, 0.15) is 26.7 Å². The Morgan fingerprint density at radius 1 is 1.50 bits per heavy atom. The molecule has 0 aromatic rings. The Morgan fingerprint density at radius 2 is 2.25 bits per heavy atom. The maximum absolute atomic E-state index is 12.1. The van der Waals surface area contributed by atoms with Gasteiger partial charge in [-0.15, -0.1) is 0 Å². The quantitative estimate of drug-likeness (QED) is 0.759. The Hall–Kier alpha value is -0.610. The van der Waals surface area contributed by atoms with Gasteiger partial charge < -0.3 is 9.80 Å². The van der Waals surface area contributed by atoms with Gasteiger partial charge in [-0.2, -0.15) is 0 Å². The van der Waals surface area contributed by atoms with Crippen LogP contribution < -0.4 is 5.32 Å². The standard InChI is InChI=1S/C12H23N3O/c1-4-11-12(16)15(9(2)13-11)8-10-5-6-14(3)7-10/h9-11,13H,4-8H2,1-3H3. The zero-order valence-corrected chi connectivity index (χ0v) is 10.6. The number of likely N-dealkylation sites (tertiary alicyclic amines) is 1. The smallest absolute Gasteiger partial charge is 0.241 e. The zero-order valence-electron chi connectivity index (χ0n) is 10.6. The van der Waals surface area contributed by atoms with Crippen molar-refractivity contribution in [2.75, 3.05) is 26.7 Å². The minimum absolute atomic E-state index is 0.0501. The van der Waals surface area contributed by atoms with E-state index in [1.165, 1.54) is 13.0 Å². The first-order valence-electron chi connectivity index (χ1n) is 6.37. The van der Waals surface area contributed by atoms with E-state index >= 15 is 0 Å². The van der Waals surface area contributed by atoms with E-state index in [0.717, 1.165) is 19.5 Å². The van der Waals surface area contributed by atoms with Crippen LogP contribution >= 0.6 is 0 Å². The van der Waals surface area contributed by atoms with Crippen molar-refractivity contribution in [3.05, 3.63) is 0 Å². The first-order valence-corrected chi connectivity index (χ1v) is 6.37. The summed E-state index contributed by atoms with van der Waals surface area (Å²) in [6.07, 6.45) is 2.33. The lowest BCUT2D eigenvalue weighted by Crippen LogP contribution is -2.39. The second-order valence-corrected chi connectivity index (χ2v) is 5.21. The van der Waals surface area contributed by atoms with Gasteiger partial charge in [0.1, 0.15) is 0 Å². The average Bonchev–Trinajstić information content (AvgIpc) is 2.77. The van der Waals surface area contributed by atoms with Crippen LogP contribution in [0, 0.1) is 5.92 Å². The molecule has 92 valence electrons. The van der Waals surface area contributed by atoms with Gasteiger partial charge in [-0.3, -0.25) is 10.1 Å². The predicted molar refractivity (Wildman–Crippen MR) is 64.0 cm³/mol. The Labute approximate surface area is 98.0 Å². The number of hydrogen-bond donors (Lipinski definition) is 1. The van der Waals surface area contributed by atoms with Gasteiger partial charge in [-0.25, -0.2) is 0 Å². The molecule has 2 heterocycles. The highest BCUT2D eigenvalue weighted by atomic mass is 16.2. The van der Waals surface area contributed by atoms with Crippen LogP contribution in [0.3, 0.4) is 0 Å². The molecule has 3 unspecified atom stereocenters. The molecular weight excluding hydrogens is 202 g/mol. The predicted octanol–water partition coefficient (Wildman–Crippen LogP) is 0.494. The highest BCUT2D eigenvalue weighted by Crippen LogP contribution is 2.20. The van der Waals surface area contributed by atoms with Crippen molar-refractivity contribution in [3.63, 3.8) is 0 Å². The van der Waals surface area contributed by atoms with Gasteiger partial charge in [0.15, 0.2) is 0 Å². The molecule has 0 bridgehead atoms. The van der Waals surface area contributed by atoms with E-state index in [0.29, 0.717) is 11.8 Å². The van der Waals surface area contributed by atoms with E-state index in [4.69, 9.17) is 0 Å². The summed E-state index contributed by atoms with van der Waals surface area (Å²) in [6, 6.07) is 0.0501. The summed E-state index contributed by atoms with van der Waals surface area (Å²) in [7, 11) is 2.16. The summed E-state index contributed by atoms with van der Waals surface area (Å²) in [6.45, 7) is 7.38. The largest absolute Gasteiger partial charge is 0.326 e. The van der Waals surface area contributed by atoms with Crippen molar-refractivity contribution in [1.82, 2.24) is 15.1 Å². The van der Waals surface area contributed by atoms with Gasteiger partial charge in [0.25, 0.3) is 0 Å². The molecule has 2 saturated heterocycles. The fourth-order valence-corrected chi connectivity index (χ4v) is 2.84. The van der Waals surface area contributed by atoms with Crippen molar-refractivity contribution >= 4 is 5.91 Å². The number of hydrogen-bond acceptors (Lipinski definition) is 3. The van der Waals surface area contributed by atoms with Gasteiger partial charge >= 0.3 is 0 Å². The Balaban J connectivity index is 1.92. The number of amides is 1. The first-order chi connectivity index (χ1) is 7.61. The molecule has 3 atom stereocenters. The van der Waals surface area contributed by atoms with Crippen LogP contribution in [0.4, 0.5) is 0 Å². The molecule has 1 amide bonds. The van der Waals surface area contributed by atoms with Crippen molar-refractivity contribution in [2.45, 2.75) is 38.9 Å². The lowest BCUT2D eigenvalue weighted by molar-refractivity contribution is -0.130. The zero-order chi connectivity index (χ0) is 11.7. The molecule has 0 aromatic carbocycles. The fourth-order valence-electron chi connectivity index (χ4n) is 2.84. The number of rotatable bonds is 3. The number of carbonyl (C=O) groups excluding carboxylic acids is 1. The highest BCUT2D eigenvalue weighted by Gasteiger charge is 2.36. The van der Waals surface area contributed by atoms with Gasteiger partial charge in [-0.05, 0) is 39.3 Å². The van der Waals surface area contributed by atoms with E-state index in [9.17, 15) is 4.79 Å². The minimum atomic E-state index is 0.0501. The van der Waals surface area contributed by atoms with Crippen LogP contribution in [0.15, 0.2) is 0 Å². The maximum atomic E-state index is 12.1. The third-order valence-electron chi connectivity index (χ3n) is 3.84. The molecule has 2 fully saturated rings. The Bertz CT molecular complexity index is 269. The molecule has 0 spiro atoms. The van der Waals surface area contributed by atoms with E-state index in [1.807, 2.05) is 4.90 Å². The second kappa shape index (κ2) is 4.72. The van der Waals surface area contributed by atoms with Crippen LogP contribution in [0.25, 0.3) is 0 Å². The lowest BCUT2D eigenvalue weighted by atomic mass is 10.1. The molecule has 0 aliphatic carbocycles. The lowest BCUT2D eigenvalue weighted by Gasteiger charge is -2.24. The topological polar surface area (TPSA) is 35.6 Å². The Kier molecular flexibility index (Phi) is 3.50. The van der Waals surface area contributed by atoms with Gasteiger partial charge in [-0.1, -0.05) is 6.92 Å². The average molecular weight is 225 g/mol. The molecule has 0 radical (unpaired) electrons. The SMILES string of the molecule is CCC1NC(C)N(CC2CCN(C)C2)C1=O. The van der Waals surface area contributed by atoms with Crippen LogP contribution in [-0.2, 0) is 4.79 Å². The number of nitrogens with one attached hydrogen (secondary N) is 1. The molecule has 0 saturated carbocycles. The molecule has 2 rings (SSSR count). The second-order valence-electron chi connectivity index (χ2n) is 5.21. The van der Waals surface area contributed by atoms with Crippen molar-refractivity contribution in [1.29, 1.82) is 0 Å². The summed E-state index contributed by atoms with van der Waals surface area (Å²) in [4.78, 5) is 16.4. The molecule has 4 heteroatoms. The minimum Gasteiger partial charge on any atom is -0.326 e. The van der Waals surface area contributed by atoms with Crippen molar-refractivity contribution < 1.29 is 4.79 Å². The van der Waals surface area contributed by atoms with Crippen LogP contribution in [-0.4, -0.2) is 54.6 Å². The van der Waals surface area contributed by atoms with Crippen molar-refractivity contribution in [3.8, 4) is 0 Å². The normalized spacial score (nSPS) is 36.3. The van der Waals surface area contributed by atoms with Gasteiger partial charge in [0.05, 0.1) is 12.2 Å². The first kappa shape index (κ1) is 11.9. The molecule has 2 aliphatic rings. The van der Waals surface area contributed by atoms with E-state index in [-0.39, 0.29) is 12.2 Å². The summed E-state index contributed by atoms with van der Waals surface area (Å²) < 4.78 is 0. The summed E-state index contributed by atoms with van der Waals surface area (Å²) >= 11 is 0.